The summed E-state index contributed by atoms with van der Waals surface area (Å²) in [6.07, 6.45) is 1.16. The fourth-order valence-corrected chi connectivity index (χ4v) is 4.47. The lowest BCUT2D eigenvalue weighted by Crippen LogP contribution is -2.46. The molecule has 0 saturated heterocycles. The molecule has 11 heteroatoms. The van der Waals surface area contributed by atoms with E-state index in [1.54, 1.807) is 26.1 Å². The van der Waals surface area contributed by atoms with E-state index in [1.165, 1.54) is 16.6 Å². The summed E-state index contributed by atoms with van der Waals surface area (Å²) in [5.41, 5.74) is 0.740. The van der Waals surface area contributed by atoms with Gasteiger partial charge in [0.25, 0.3) is 11.8 Å². The Bertz CT molecular complexity index is 1020. The molecule has 10 nitrogen and oxygen atoms in total. The van der Waals surface area contributed by atoms with Gasteiger partial charge in [0.05, 0.1) is 30.5 Å². The Balaban J connectivity index is 3.27. The minimum Gasteiger partial charge on any atom is -0.394 e. The van der Waals surface area contributed by atoms with E-state index in [-0.39, 0.29) is 41.9 Å². The number of hydrogen-bond acceptors (Lipinski definition) is 6. The third kappa shape index (κ3) is 11.5. The molecule has 0 aliphatic carbocycles. The number of rotatable bonds is 16. The number of anilines is 1. The number of aliphatic hydroxyl groups is 2. The molecule has 5 N–H and O–H groups in total. The van der Waals surface area contributed by atoms with Gasteiger partial charge in [-0.3, -0.25) is 18.7 Å². The fraction of sp³-hybridized carbons (Fsp3) is 0.690. The fourth-order valence-electron chi connectivity index (χ4n) is 4.06. The molecule has 0 aliphatic heterocycles. The Morgan fingerprint density at radius 1 is 0.875 bits per heavy atom. The molecule has 0 bridgehead atoms. The molecule has 1 aromatic carbocycles. The second-order valence-electron chi connectivity index (χ2n) is 11.7. The number of aliphatic hydroxyl groups excluding tert-OH is 2. The van der Waals surface area contributed by atoms with Crippen LogP contribution in [-0.2, 0) is 15.8 Å². The number of nitrogens with zero attached hydrogens (tertiary/aromatic N) is 1. The quantitative estimate of drug-likeness (QED) is 0.202. The van der Waals surface area contributed by atoms with Gasteiger partial charge in [0.2, 0.25) is 5.91 Å². The van der Waals surface area contributed by atoms with Gasteiger partial charge in [-0.2, -0.15) is 0 Å². The molecule has 5 atom stereocenters. The van der Waals surface area contributed by atoms with E-state index >= 15 is 0 Å². The molecule has 0 aromatic heterocycles. The molecule has 0 saturated carbocycles. The van der Waals surface area contributed by atoms with Gasteiger partial charge >= 0.3 is 0 Å². The van der Waals surface area contributed by atoms with Crippen LogP contribution in [-0.4, -0.2) is 76.8 Å². The van der Waals surface area contributed by atoms with Gasteiger partial charge in [0.1, 0.15) is 11.0 Å². The number of amides is 3. The first-order chi connectivity index (χ1) is 18.6. The van der Waals surface area contributed by atoms with Gasteiger partial charge < -0.3 is 26.2 Å². The van der Waals surface area contributed by atoms with Crippen LogP contribution >= 0.6 is 0 Å². The SMILES string of the molecule is CC(C)CNC(=O)C(C)C[C@H](O)[C@H](CC(C)C)NC(=O)c1cc(C(=O)N[C@H](CO)C(C)C)cc(N(C)S(C)=O)c1. The molecule has 0 heterocycles. The minimum atomic E-state index is -1.41. The van der Waals surface area contributed by atoms with Crippen LogP contribution in [0.4, 0.5) is 5.69 Å². The molecule has 0 radical (unpaired) electrons. The van der Waals surface area contributed by atoms with Crippen LogP contribution in [0.5, 0.6) is 0 Å². The van der Waals surface area contributed by atoms with E-state index in [1.807, 2.05) is 41.5 Å². The highest BCUT2D eigenvalue weighted by atomic mass is 32.2. The van der Waals surface area contributed by atoms with Crippen molar-refractivity contribution in [2.75, 3.05) is 30.8 Å². The number of benzene rings is 1. The molecule has 2 unspecified atom stereocenters. The van der Waals surface area contributed by atoms with Gasteiger partial charge in [-0.25, -0.2) is 4.21 Å². The molecule has 1 rings (SSSR count). The molecule has 1 aromatic rings. The van der Waals surface area contributed by atoms with E-state index in [4.69, 9.17) is 0 Å². The highest BCUT2D eigenvalue weighted by Crippen LogP contribution is 2.22. The molecule has 40 heavy (non-hydrogen) atoms. The van der Waals surface area contributed by atoms with Crippen molar-refractivity contribution in [3.8, 4) is 0 Å². The summed E-state index contributed by atoms with van der Waals surface area (Å²) >= 11 is 0. The molecule has 228 valence electrons. The van der Waals surface area contributed by atoms with Crippen LogP contribution in [0.1, 0.15) is 82.0 Å². The highest BCUT2D eigenvalue weighted by Gasteiger charge is 2.28. The predicted octanol–water partition coefficient (Wildman–Crippen LogP) is 2.47. The highest BCUT2D eigenvalue weighted by molar-refractivity contribution is 7.85. The van der Waals surface area contributed by atoms with E-state index in [0.717, 1.165) is 0 Å². The predicted molar refractivity (Wildman–Crippen MR) is 160 cm³/mol. The summed E-state index contributed by atoms with van der Waals surface area (Å²) in [6, 6.07) is 3.42. The second kappa shape index (κ2) is 16.7. The molecule has 3 amide bonds. The first kappa shape index (κ1) is 35.5. The second-order valence-corrected chi connectivity index (χ2v) is 13.1. The van der Waals surface area contributed by atoms with Crippen molar-refractivity contribution in [2.24, 2.45) is 23.7 Å². The lowest BCUT2D eigenvalue weighted by Gasteiger charge is -2.28. The summed E-state index contributed by atoms with van der Waals surface area (Å²) in [7, 11) is 0.180. The zero-order chi connectivity index (χ0) is 30.7. The first-order valence-electron chi connectivity index (χ1n) is 14.0. The van der Waals surface area contributed by atoms with E-state index in [0.29, 0.717) is 24.6 Å². The van der Waals surface area contributed by atoms with Crippen LogP contribution in [0, 0.1) is 23.7 Å². The zero-order valence-corrected chi connectivity index (χ0v) is 26.3. The average Bonchev–Trinajstić information content (AvgIpc) is 2.88. The van der Waals surface area contributed by atoms with E-state index in [2.05, 4.69) is 16.0 Å². The molecule has 0 spiro atoms. The van der Waals surface area contributed by atoms with Crippen molar-refractivity contribution < 1.29 is 28.8 Å². The summed E-state index contributed by atoms with van der Waals surface area (Å²) in [4.78, 5) is 39.0. The van der Waals surface area contributed by atoms with Crippen molar-refractivity contribution in [3.05, 3.63) is 29.3 Å². The number of carbonyl (C=O) groups is 3. The summed E-state index contributed by atoms with van der Waals surface area (Å²) in [5, 5.41) is 29.3. The Hall–Kier alpha value is -2.50. The average molecular weight is 583 g/mol. The molecular weight excluding hydrogens is 532 g/mol. The normalized spacial score (nSPS) is 15.3. The van der Waals surface area contributed by atoms with Crippen molar-refractivity contribution >= 4 is 34.4 Å². The Kier molecular flexibility index (Phi) is 14.8. The Labute approximate surface area is 242 Å². The number of carbonyl (C=O) groups excluding carboxylic acids is 3. The van der Waals surface area contributed by atoms with Crippen molar-refractivity contribution in [1.82, 2.24) is 16.0 Å². The van der Waals surface area contributed by atoms with Crippen molar-refractivity contribution in [1.29, 1.82) is 0 Å². The van der Waals surface area contributed by atoms with Gasteiger partial charge in [0, 0.05) is 36.9 Å². The van der Waals surface area contributed by atoms with Gasteiger partial charge in [-0.15, -0.1) is 0 Å². The first-order valence-corrected chi connectivity index (χ1v) is 15.5. The summed E-state index contributed by atoms with van der Waals surface area (Å²) < 4.78 is 13.6. The molecule has 0 aliphatic rings. The summed E-state index contributed by atoms with van der Waals surface area (Å²) in [6.45, 7) is 13.8. The lowest BCUT2D eigenvalue weighted by molar-refractivity contribution is -0.125. The monoisotopic (exact) mass is 582 g/mol. The maximum atomic E-state index is 13.5. The van der Waals surface area contributed by atoms with Crippen LogP contribution in [0.3, 0.4) is 0 Å². The Morgan fingerprint density at radius 3 is 1.82 bits per heavy atom. The molecule has 0 fully saturated rings. The Morgan fingerprint density at radius 2 is 1.40 bits per heavy atom. The standard InChI is InChI=1S/C29H50N4O6S/c1-17(2)10-24(26(35)11-20(7)27(36)30-15-18(3)4)31-28(37)21-12-22(14-23(13-21)33(8)40(9)39)29(38)32-25(16-34)19(5)6/h12-14,17-20,24-26,34-35H,10-11,15-16H2,1-9H3,(H,30,36)(H,31,37)(H,32,38)/t20?,24-,25+,26-,40?/m0/s1. The van der Waals surface area contributed by atoms with Crippen LogP contribution in [0.25, 0.3) is 0 Å². The van der Waals surface area contributed by atoms with Gasteiger partial charge in [-0.1, -0.05) is 48.5 Å². The largest absolute Gasteiger partial charge is 0.394 e. The van der Waals surface area contributed by atoms with Crippen molar-refractivity contribution in [2.45, 2.75) is 79.5 Å². The number of hydrogen-bond donors (Lipinski definition) is 5. The van der Waals surface area contributed by atoms with E-state index < -0.39 is 46.9 Å². The third-order valence-corrected chi connectivity index (χ3v) is 7.72. The topological polar surface area (TPSA) is 148 Å². The molecular formula is C29H50N4O6S. The smallest absolute Gasteiger partial charge is 0.251 e. The van der Waals surface area contributed by atoms with Crippen LogP contribution in [0.2, 0.25) is 0 Å². The van der Waals surface area contributed by atoms with Gasteiger partial charge in [0.15, 0.2) is 0 Å². The van der Waals surface area contributed by atoms with Crippen LogP contribution in [0.15, 0.2) is 18.2 Å². The van der Waals surface area contributed by atoms with Gasteiger partial charge in [-0.05, 0) is 48.8 Å². The van der Waals surface area contributed by atoms with Crippen molar-refractivity contribution in [3.63, 3.8) is 0 Å². The summed E-state index contributed by atoms with van der Waals surface area (Å²) in [5.74, 6) is -1.14. The maximum Gasteiger partial charge on any atom is 0.251 e. The third-order valence-electron chi connectivity index (χ3n) is 6.74. The van der Waals surface area contributed by atoms with Crippen LogP contribution < -0.4 is 20.3 Å². The van der Waals surface area contributed by atoms with E-state index in [9.17, 15) is 28.8 Å². The number of nitrogens with one attached hydrogen (secondary N) is 3. The zero-order valence-electron chi connectivity index (χ0n) is 25.5. The maximum absolute atomic E-state index is 13.5. The minimum absolute atomic E-state index is 0.0150. The lowest BCUT2D eigenvalue weighted by atomic mass is 9.92.